The van der Waals surface area contributed by atoms with Crippen molar-refractivity contribution in [3.05, 3.63) is 71.3 Å². The minimum absolute atomic E-state index is 0.108. The summed E-state index contributed by atoms with van der Waals surface area (Å²) < 4.78 is 0. The molecule has 2 rings (SSSR count). The molecule has 0 aliphatic heterocycles. The first-order valence-corrected chi connectivity index (χ1v) is 13.9. The Hall–Kier alpha value is -3.15. The van der Waals surface area contributed by atoms with E-state index in [4.69, 9.17) is 0 Å². The summed E-state index contributed by atoms with van der Waals surface area (Å²) in [4.78, 5) is 37.3. The van der Waals surface area contributed by atoms with E-state index in [0.717, 1.165) is 30.4 Å². The van der Waals surface area contributed by atoms with Crippen LogP contribution in [0.4, 0.5) is 0 Å². The van der Waals surface area contributed by atoms with Gasteiger partial charge in [0.1, 0.15) is 0 Å². The fourth-order valence-electron chi connectivity index (χ4n) is 4.40. The lowest BCUT2D eigenvalue weighted by Crippen LogP contribution is -2.36. The molecule has 0 atom stereocenters. The largest absolute Gasteiger partial charge is 0.474 e. The number of carbonyl (C=O) groups is 3. The number of unbranched alkanes of at least 4 members (excludes halogenated alkanes) is 9. The highest BCUT2D eigenvalue weighted by atomic mass is 16.4. The molecule has 2 N–H and O–H groups in total. The van der Waals surface area contributed by atoms with Gasteiger partial charge in [-0.3, -0.25) is 9.59 Å². The molecule has 6 heteroatoms. The summed E-state index contributed by atoms with van der Waals surface area (Å²) in [6, 6.07) is 16.9. The Morgan fingerprint density at radius 3 is 1.92 bits per heavy atom. The van der Waals surface area contributed by atoms with Crippen LogP contribution in [0.2, 0.25) is 0 Å². The lowest BCUT2D eigenvalue weighted by atomic mass is 10.1. The van der Waals surface area contributed by atoms with Crippen LogP contribution in [0, 0.1) is 0 Å². The zero-order valence-corrected chi connectivity index (χ0v) is 22.4. The molecule has 37 heavy (non-hydrogen) atoms. The molecular formula is C31H44N2O4. The van der Waals surface area contributed by atoms with Gasteiger partial charge in [0.15, 0.2) is 0 Å². The van der Waals surface area contributed by atoms with E-state index < -0.39 is 11.9 Å². The number of aliphatic carboxylic acids is 1. The van der Waals surface area contributed by atoms with Crippen LogP contribution in [-0.4, -0.2) is 40.9 Å². The molecule has 0 bridgehead atoms. The molecule has 2 aromatic rings. The SMILES string of the molecule is CCCCCCCCCCCCNC(=O)c1ccc(CN(CCCc2ccccc2)C(=O)C(=O)O)cc1. The molecule has 0 saturated carbocycles. The van der Waals surface area contributed by atoms with Gasteiger partial charge in [-0.2, -0.15) is 0 Å². The van der Waals surface area contributed by atoms with Crippen LogP contribution in [0.15, 0.2) is 54.6 Å². The zero-order chi connectivity index (χ0) is 26.7. The van der Waals surface area contributed by atoms with Crippen molar-refractivity contribution in [2.75, 3.05) is 13.1 Å². The molecule has 2 aromatic carbocycles. The number of amides is 2. The number of carboxylic acids is 1. The van der Waals surface area contributed by atoms with Crippen molar-refractivity contribution in [1.82, 2.24) is 10.2 Å². The molecule has 0 aromatic heterocycles. The molecule has 0 aliphatic carbocycles. The van der Waals surface area contributed by atoms with Gasteiger partial charge in [0.2, 0.25) is 0 Å². The molecule has 0 fully saturated rings. The average Bonchev–Trinajstić information content (AvgIpc) is 2.91. The van der Waals surface area contributed by atoms with E-state index >= 15 is 0 Å². The van der Waals surface area contributed by atoms with Gasteiger partial charge in [-0.05, 0) is 42.5 Å². The number of nitrogens with one attached hydrogen (secondary N) is 1. The van der Waals surface area contributed by atoms with E-state index in [1.807, 2.05) is 30.3 Å². The summed E-state index contributed by atoms with van der Waals surface area (Å²) in [7, 11) is 0. The molecule has 6 nitrogen and oxygen atoms in total. The van der Waals surface area contributed by atoms with Crippen molar-refractivity contribution >= 4 is 17.8 Å². The van der Waals surface area contributed by atoms with Gasteiger partial charge in [0, 0.05) is 25.2 Å². The first kappa shape index (κ1) is 30.1. The van der Waals surface area contributed by atoms with Crippen LogP contribution >= 0.6 is 0 Å². The lowest BCUT2D eigenvalue weighted by molar-refractivity contribution is -0.156. The molecule has 0 saturated heterocycles. The van der Waals surface area contributed by atoms with E-state index in [9.17, 15) is 19.5 Å². The molecule has 0 spiro atoms. The van der Waals surface area contributed by atoms with Crippen LogP contribution in [-0.2, 0) is 22.6 Å². The Balaban J connectivity index is 1.70. The topological polar surface area (TPSA) is 86.7 Å². The minimum atomic E-state index is -1.46. The number of hydrogen-bond donors (Lipinski definition) is 2. The molecule has 0 radical (unpaired) electrons. The summed E-state index contributed by atoms with van der Waals surface area (Å²) in [6.07, 6.45) is 14.0. The molecule has 0 heterocycles. The number of nitrogens with zero attached hydrogens (tertiary/aromatic N) is 1. The van der Waals surface area contributed by atoms with Crippen molar-refractivity contribution in [3.63, 3.8) is 0 Å². The van der Waals surface area contributed by atoms with Gasteiger partial charge in [0.25, 0.3) is 5.91 Å². The first-order chi connectivity index (χ1) is 18.0. The number of carbonyl (C=O) groups excluding carboxylic acids is 2. The fraction of sp³-hybridized carbons (Fsp3) is 0.516. The lowest BCUT2D eigenvalue weighted by Gasteiger charge is -2.21. The number of hydrogen-bond acceptors (Lipinski definition) is 3. The Bertz CT molecular complexity index is 928. The minimum Gasteiger partial charge on any atom is -0.474 e. The third kappa shape index (κ3) is 12.6. The van der Waals surface area contributed by atoms with Crippen LogP contribution in [0.1, 0.15) is 99.0 Å². The van der Waals surface area contributed by atoms with Crippen molar-refractivity contribution < 1.29 is 19.5 Å². The van der Waals surface area contributed by atoms with Gasteiger partial charge >= 0.3 is 11.9 Å². The maximum atomic E-state index is 12.5. The molecule has 2 amide bonds. The summed E-state index contributed by atoms with van der Waals surface area (Å²) in [6.45, 7) is 3.45. The van der Waals surface area contributed by atoms with Crippen LogP contribution in [0.25, 0.3) is 0 Å². The third-order valence-corrected chi connectivity index (χ3v) is 6.61. The van der Waals surface area contributed by atoms with Crippen molar-refractivity contribution in [2.24, 2.45) is 0 Å². The normalized spacial score (nSPS) is 10.7. The highest BCUT2D eigenvalue weighted by molar-refractivity contribution is 6.31. The Kier molecular flexibility index (Phi) is 14.8. The summed E-state index contributed by atoms with van der Waals surface area (Å²) in [5, 5.41) is 12.2. The van der Waals surface area contributed by atoms with Crippen LogP contribution < -0.4 is 5.32 Å². The molecule has 0 aliphatic rings. The third-order valence-electron chi connectivity index (χ3n) is 6.61. The standard InChI is InChI=1S/C31H44N2O4/c1-2-3-4-5-6-7-8-9-10-14-23-32-29(34)28-21-19-27(20-22-28)25-33(30(35)31(36)37)24-15-18-26-16-12-11-13-17-26/h11-13,16-17,19-22H,2-10,14-15,18,23-25H2,1H3,(H,32,34)(H,36,37). The quantitative estimate of drug-likeness (QED) is 0.181. The molecule has 0 unspecified atom stereocenters. The predicted octanol–water partition coefficient (Wildman–Crippen LogP) is 6.38. The van der Waals surface area contributed by atoms with Gasteiger partial charge in [-0.15, -0.1) is 0 Å². The van der Waals surface area contributed by atoms with E-state index in [0.29, 0.717) is 25.1 Å². The van der Waals surface area contributed by atoms with E-state index in [1.54, 1.807) is 24.3 Å². The van der Waals surface area contributed by atoms with Crippen molar-refractivity contribution in [3.8, 4) is 0 Å². The summed E-state index contributed by atoms with van der Waals surface area (Å²) in [5.74, 6) is -2.47. The number of benzene rings is 2. The Labute approximate surface area is 222 Å². The second-order valence-electron chi connectivity index (χ2n) is 9.76. The van der Waals surface area contributed by atoms with E-state index in [1.165, 1.54) is 56.3 Å². The van der Waals surface area contributed by atoms with Gasteiger partial charge in [-0.1, -0.05) is 107 Å². The predicted molar refractivity (Wildman–Crippen MR) is 148 cm³/mol. The second-order valence-corrected chi connectivity index (χ2v) is 9.76. The Morgan fingerprint density at radius 2 is 1.32 bits per heavy atom. The second kappa shape index (κ2) is 18.1. The maximum Gasteiger partial charge on any atom is 0.394 e. The number of aryl methyl sites for hydroxylation is 1. The highest BCUT2D eigenvalue weighted by Crippen LogP contribution is 2.12. The smallest absolute Gasteiger partial charge is 0.394 e. The van der Waals surface area contributed by atoms with Crippen molar-refractivity contribution in [2.45, 2.75) is 90.5 Å². The summed E-state index contributed by atoms with van der Waals surface area (Å²) in [5.41, 5.74) is 2.51. The molecule has 202 valence electrons. The molecular weight excluding hydrogens is 464 g/mol. The number of rotatable bonds is 18. The fourth-order valence-corrected chi connectivity index (χ4v) is 4.40. The summed E-state index contributed by atoms with van der Waals surface area (Å²) >= 11 is 0. The van der Waals surface area contributed by atoms with Gasteiger partial charge in [-0.25, -0.2) is 4.79 Å². The van der Waals surface area contributed by atoms with Gasteiger partial charge < -0.3 is 15.3 Å². The van der Waals surface area contributed by atoms with Crippen LogP contribution in [0.3, 0.4) is 0 Å². The highest BCUT2D eigenvalue weighted by Gasteiger charge is 2.21. The monoisotopic (exact) mass is 508 g/mol. The van der Waals surface area contributed by atoms with E-state index in [-0.39, 0.29) is 12.5 Å². The van der Waals surface area contributed by atoms with Gasteiger partial charge in [0.05, 0.1) is 0 Å². The maximum absolute atomic E-state index is 12.5. The van der Waals surface area contributed by atoms with E-state index in [2.05, 4.69) is 12.2 Å². The van der Waals surface area contributed by atoms with Crippen molar-refractivity contribution in [1.29, 1.82) is 0 Å². The average molecular weight is 509 g/mol. The zero-order valence-electron chi connectivity index (χ0n) is 22.4. The Morgan fingerprint density at radius 1 is 0.730 bits per heavy atom. The number of carboxylic acid groups (broad SMARTS) is 1. The van der Waals surface area contributed by atoms with Crippen LogP contribution in [0.5, 0.6) is 0 Å². The first-order valence-electron chi connectivity index (χ1n) is 13.9.